The van der Waals surface area contributed by atoms with Gasteiger partial charge in [-0.15, -0.1) is 0 Å². The van der Waals surface area contributed by atoms with Crippen LogP contribution in [0.3, 0.4) is 0 Å². The molecule has 3 N–H and O–H groups in total. The molecule has 200 valence electrons. The lowest BCUT2D eigenvalue weighted by Crippen LogP contribution is -2.20. The number of aromatic nitrogens is 6. The van der Waals surface area contributed by atoms with E-state index in [9.17, 15) is 9.18 Å². The van der Waals surface area contributed by atoms with Crippen LogP contribution in [0, 0.1) is 5.82 Å². The molecule has 0 fully saturated rings. The summed E-state index contributed by atoms with van der Waals surface area (Å²) < 4.78 is 27.7. The molecule has 0 saturated carbocycles. The normalized spacial score (nSPS) is 11.2. The highest BCUT2D eigenvalue weighted by molar-refractivity contribution is 6.02. The Morgan fingerprint density at radius 1 is 1.02 bits per heavy atom. The Morgan fingerprint density at radius 2 is 1.88 bits per heavy atom. The first-order chi connectivity index (χ1) is 19.4. The van der Waals surface area contributed by atoms with E-state index in [0.29, 0.717) is 28.4 Å². The van der Waals surface area contributed by atoms with Gasteiger partial charge in [-0.3, -0.25) is 14.8 Å². The first-order valence-electron chi connectivity index (χ1n) is 12.4. The summed E-state index contributed by atoms with van der Waals surface area (Å²) in [7, 11) is 0. The van der Waals surface area contributed by atoms with Crippen LogP contribution >= 0.6 is 0 Å². The van der Waals surface area contributed by atoms with Crippen LogP contribution in [0.4, 0.5) is 20.6 Å². The molecule has 2 amide bonds. The van der Waals surface area contributed by atoms with Crippen molar-refractivity contribution in [2.24, 2.45) is 0 Å². The summed E-state index contributed by atoms with van der Waals surface area (Å²) in [4.78, 5) is 17.2. The number of amides is 2. The molecule has 0 bridgehead atoms. The maximum Gasteiger partial charge on any atom is 0.323 e. The molecule has 6 aromatic rings. The Bertz CT molecular complexity index is 1810. The topological polar surface area (TPSA) is 136 Å². The van der Waals surface area contributed by atoms with Crippen LogP contribution in [0.5, 0.6) is 11.5 Å². The fourth-order valence-electron chi connectivity index (χ4n) is 4.08. The highest BCUT2D eigenvalue weighted by atomic mass is 19.1. The number of ether oxygens (including phenoxy) is 1. The van der Waals surface area contributed by atoms with E-state index in [1.807, 2.05) is 26.0 Å². The molecule has 0 aliphatic heterocycles. The Kier molecular flexibility index (Phi) is 6.40. The van der Waals surface area contributed by atoms with Crippen molar-refractivity contribution in [1.82, 2.24) is 30.1 Å². The largest absolute Gasteiger partial charge is 0.457 e. The molecule has 11 nitrogen and oxygen atoms in total. The molecule has 0 unspecified atom stereocenters. The van der Waals surface area contributed by atoms with Crippen molar-refractivity contribution in [1.29, 1.82) is 0 Å². The molecule has 0 radical (unpaired) electrons. The molecular formula is C28H23FN8O3. The number of nitrogens with one attached hydrogen (secondary N) is 3. The predicted octanol–water partition coefficient (Wildman–Crippen LogP) is 6.63. The van der Waals surface area contributed by atoms with Gasteiger partial charge in [0.25, 0.3) is 0 Å². The summed E-state index contributed by atoms with van der Waals surface area (Å²) in [6.07, 6.45) is 8.29. The van der Waals surface area contributed by atoms with Crippen molar-refractivity contribution in [3.05, 3.63) is 85.3 Å². The summed E-state index contributed by atoms with van der Waals surface area (Å²) in [5.41, 5.74) is 3.88. The summed E-state index contributed by atoms with van der Waals surface area (Å²) in [5, 5.41) is 21.3. The molecule has 0 aliphatic carbocycles. The van der Waals surface area contributed by atoms with Gasteiger partial charge in [-0.05, 0) is 50.2 Å². The standard InChI is InChI=1S/C28H23FN8O3/c1-16(2)37-15-25(27(36-37)17-3-6-26-18(9-17)14-33-40-26)35-28(38)34-23-5-4-20(10-22(23)29)39-21-7-8-30-24(11-21)19-12-31-32-13-19/h3-16H,1-2H3,(H,31,32)(H2,34,35,38). The number of nitrogens with zero attached hydrogens (tertiary/aromatic N) is 5. The number of hydrogen-bond donors (Lipinski definition) is 3. The minimum atomic E-state index is -0.659. The summed E-state index contributed by atoms with van der Waals surface area (Å²) >= 11 is 0. The second-order valence-electron chi connectivity index (χ2n) is 9.23. The fraction of sp³-hybridized carbons (Fsp3) is 0.107. The molecule has 0 spiro atoms. The molecule has 12 heteroatoms. The zero-order valence-electron chi connectivity index (χ0n) is 21.4. The molecule has 0 atom stereocenters. The van der Waals surface area contributed by atoms with Crippen molar-refractivity contribution in [2.45, 2.75) is 19.9 Å². The zero-order chi connectivity index (χ0) is 27.6. The molecule has 4 aromatic heterocycles. The average Bonchev–Trinajstić information content (AvgIpc) is 3.71. The van der Waals surface area contributed by atoms with E-state index in [1.165, 1.54) is 12.1 Å². The van der Waals surface area contributed by atoms with Crippen molar-refractivity contribution in [2.75, 3.05) is 10.6 Å². The summed E-state index contributed by atoms with van der Waals surface area (Å²) in [6, 6.07) is 12.5. The number of pyridine rings is 1. The van der Waals surface area contributed by atoms with E-state index in [-0.39, 0.29) is 17.5 Å². The lowest BCUT2D eigenvalue weighted by molar-refractivity contribution is 0.262. The number of benzene rings is 2. The van der Waals surface area contributed by atoms with Crippen molar-refractivity contribution < 1.29 is 18.4 Å². The number of H-pyrrole nitrogens is 1. The van der Waals surface area contributed by atoms with E-state index in [0.717, 1.165) is 16.5 Å². The van der Waals surface area contributed by atoms with Gasteiger partial charge in [-0.25, -0.2) is 9.18 Å². The number of halogens is 1. The van der Waals surface area contributed by atoms with Gasteiger partial charge in [0.15, 0.2) is 5.58 Å². The SMILES string of the molecule is CC(C)n1cc(NC(=O)Nc2ccc(Oc3ccnc(-c4cn[nH]c4)c3)cc2F)c(-c2ccc3oncc3c2)n1. The fourth-order valence-corrected chi connectivity index (χ4v) is 4.08. The van der Waals surface area contributed by atoms with Crippen LogP contribution in [0.2, 0.25) is 0 Å². The molecule has 2 aromatic carbocycles. The van der Waals surface area contributed by atoms with Gasteiger partial charge >= 0.3 is 6.03 Å². The lowest BCUT2D eigenvalue weighted by Gasteiger charge is -2.11. The second-order valence-corrected chi connectivity index (χ2v) is 9.23. The van der Waals surface area contributed by atoms with Gasteiger partial charge in [0.05, 0.1) is 29.5 Å². The van der Waals surface area contributed by atoms with Crippen LogP contribution in [-0.2, 0) is 0 Å². The number of urea groups is 1. The van der Waals surface area contributed by atoms with Crippen molar-refractivity contribution in [3.8, 4) is 34.0 Å². The lowest BCUT2D eigenvalue weighted by atomic mass is 10.1. The van der Waals surface area contributed by atoms with Crippen LogP contribution in [0.1, 0.15) is 19.9 Å². The van der Waals surface area contributed by atoms with Crippen molar-refractivity contribution in [3.63, 3.8) is 0 Å². The van der Waals surface area contributed by atoms with Gasteiger partial charge in [-0.2, -0.15) is 10.2 Å². The number of anilines is 2. The minimum Gasteiger partial charge on any atom is -0.457 e. The van der Waals surface area contributed by atoms with E-state index in [2.05, 4.69) is 36.1 Å². The zero-order valence-corrected chi connectivity index (χ0v) is 21.4. The Morgan fingerprint density at radius 3 is 2.67 bits per heavy atom. The Balaban J connectivity index is 1.18. The minimum absolute atomic E-state index is 0.0117. The van der Waals surface area contributed by atoms with Crippen molar-refractivity contribution >= 4 is 28.4 Å². The van der Waals surface area contributed by atoms with Gasteiger partial charge < -0.3 is 19.9 Å². The maximum atomic E-state index is 14.9. The third-order valence-electron chi connectivity index (χ3n) is 6.09. The molecule has 40 heavy (non-hydrogen) atoms. The Hall–Kier alpha value is -5.52. The second kappa shape index (κ2) is 10.3. The smallest absolute Gasteiger partial charge is 0.323 e. The van der Waals surface area contributed by atoms with Gasteiger partial charge in [0.2, 0.25) is 0 Å². The average molecular weight is 539 g/mol. The van der Waals surface area contributed by atoms with Gasteiger partial charge in [0.1, 0.15) is 23.0 Å². The third-order valence-corrected chi connectivity index (χ3v) is 6.09. The number of fused-ring (bicyclic) bond motifs is 1. The number of carbonyl (C=O) groups is 1. The van der Waals surface area contributed by atoms with Gasteiger partial charge in [-0.1, -0.05) is 5.16 Å². The third kappa shape index (κ3) is 5.10. The first-order valence-corrected chi connectivity index (χ1v) is 12.4. The molecular weight excluding hydrogens is 515 g/mol. The molecule has 0 saturated heterocycles. The number of aromatic amines is 1. The number of hydrogen-bond acceptors (Lipinski definition) is 7. The highest BCUT2D eigenvalue weighted by Crippen LogP contribution is 2.31. The van der Waals surface area contributed by atoms with E-state index in [1.54, 1.807) is 59.9 Å². The number of rotatable bonds is 7. The summed E-state index contributed by atoms with van der Waals surface area (Å²) in [5.74, 6) is 0.0772. The van der Waals surface area contributed by atoms with E-state index >= 15 is 0 Å². The monoisotopic (exact) mass is 538 g/mol. The molecule has 0 aliphatic rings. The van der Waals surface area contributed by atoms with Crippen LogP contribution in [-0.4, -0.2) is 36.1 Å². The first kappa shape index (κ1) is 24.8. The quantitative estimate of drug-likeness (QED) is 0.207. The van der Waals surface area contributed by atoms with Crippen LogP contribution < -0.4 is 15.4 Å². The Labute approximate surface area is 227 Å². The van der Waals surface area contributed by atoms with E-state index in [4.69, 9.17) is 9.26 Å². The maximum absolute atomic E-state index is 14.9. The molecule has 6 rings (SSSR count). The number of carbonyl (C=O) groups excluding carboxylic acids is 1. The van der Waals surface area contributed by atoms with Crippen LogP contribution in [0.15, 0.2) is 84.0 Å². The summed E-state index contributed by atoms with van der Waals surface area (Å²) in [6.45, 7) is 3.96. The predicted molar refractivity (Wildman–Crippen MR) is 147 cm³/mol. The molecule has 4 heterocycles. The van der Waals surface area contributed by atoms with E-state index < -0.39 is 11.8 Å². The highest BCUT2D eigenvalue weighted by Gasteiger charge is 2.17. The van der Waals surface area contributed by atoms with Crippen LogP contribution in [0.25, 0.3) is 33.5 Å². The van der Waals surface area contributed by atoms with Gasteiger partial charge in [0, 0.05) is 53.3 Å².